The van der Waals surface area contributed by atoms with Crippen LogP contribution in [-0.2, 0) is 9.59 Å². The van der Waals surface area contributed by atoms with Gasteiger partial charge in [-0.25, -0.2) is 8.78 Å². The highest BCUT2D eigenvalue weighted by molar-refractivity contribution is 6.00. The van der Waals surface area contributed by atoms with Crippen LogP contribution in [0.3, 0.4) is 0 Å². The highest BCUT2D eigenvalue weighted by Gasteiger charge is 2.39. The molecule has 0 radical (unpaired) electrons. The molecule has 1 aromatic rings. The molecule has 3 rings (SSSR count). The molecule has 2 heterocycles. The average molecular weight is 360 g/mol. The van der Waals surface area contributed by atoms with Gasteiger partial charge in [-0.3, -0.25) is 9.59 Å². The minimum Gasteiger partial charge on any atom is -0.337 e. The highest BCUT2D eigenvalue weighted by Crippen LogP contribution is 2.29. The van der Waals surface area contributed by atoms with Crippen molar-refractivity contribution in [1.29, 1.82) is 0 Å². The van der Waals surface area contributed by atoms with Gasteiger partial charge in [0.1, 0.15) is 11.6 Å². The standard InChI is InChI=1S/C16H19F2N3O2.ClH/c1-10-8-19-4-5-20(10)16(23)11-6-15(22)21(9-11)14-3-2-12(17)7-13(14)18;/h2-3,7,10-11,19H,4-6,8-9H2,1H3;1H/t10-,11?;/m1./s1. The summed E-state index contributed by atoms with van der Waals surface area (Å²) in [4.78, 5) is 27.8. The molecule has 5 nitrogen and oxygen atoms in total. The number of carbonyl (C=O) groups excluding carboxylic acids is 2. The minimum absolute atomic E-state index is 0. The van der Waals surface area contributed by atoms with E-state index in [2.05, 4.69) is 5.32 Å². The summed E-state index contributed by atoms with van der Waals surface area (Å²) in [5, 5.41) is 3.21. The second-order valence-corrected chi connectivity index (χ2v) is 6.09. The van der Waals surface area contributed by atoms with Gasteiger partial charge in [0, 0.05) is 44.7 Å². The Bertz CT molecular complexity index is 644. The van der Waals surface area contributed by atoms with E-state index >= 15 is 0 Å². The van der Waals surface area contributed by atoms with Crippen LogP contribution in [0.2, 0.25) is 0 Å². The van der Waals surface area contributed by atoms with Crippen molar-refractivity contribution in [3.05, 3.63) is 29.8 Å². The molecule has 2 atom stereocenters. The first-order valence-corrected chi connectivity index (χ1v) is 7.74. The van der Waals surface area contributed by atoms with Crippen LogP contribution in [0.25, 0.3) is 0 Å². The molecule has 2 aliphatic heterocycles. The van der Waals surface area contributed by atoms with Gasteiger partial charge in [-0.1, -0.05) is 0 Å². The maximum Gasteiger partial charge on any atom is 0.228 e. The SMILES string of the molecule is C[C@@H]1CNCCN1C(=O)C1CC(=O)N(c2ccc(F)cc2F)C1.Cl. The monoisotopic (exact) mass is 359 g/mol. The van der Waals surface area contributed by atoms with Gasteiger partial charge in [-0.05, 0) is 19.1 Å². The van der Waals surface area contributed by atoms with E-state index in [9.17, 15) is 18.4 Å². The van der Waals surface area contributed by atoms with E-state index in [-0.39, 0.29) is 48.9 Å². The number of hydrogen-bond acceptors (Lipinski definition) is 3. The minimum atomic E-state index is -0.790. The zero-order valence-electron chi connectivity index (χ0n) is 13.3. The average Bonchev–Trinajstić information content (AvgIpc) is 2.89. The lowest BCUT2D eigenvalue weighted by Crippen LogP contribution is -2.54. The largest absolute Gasteiger partial charge is 0.337 e. The first-order chi connectivity index (χ1) is 11.0. The third-order valence-electron chi connectivity index (χ3n) is 4.46. The van der Waals surface area contributed by atoms with Crippen LogP contribution in [0, 0.1) is 17.6 Å². The predicted octanol–water partition coefficient (Wildman–Crippen LogP) is 1.56. The van der Waals surface area contributed by atoms with Gasteiger partial charge in [0.25, 0.3) is 0 Å². The van der Waals surface area contributed by atoms with E-state index in [1.54, 1.807) is 4.90 Å². The van der Waals surface area contributed by atoms with Crippen molar-refractivity contribution in [3.8, 4) is 0 Å². The summed E-state index contributed by atoms with van der Waals surface area (Å²) in [5.41, 5.74) is 0.0278. The van der Waals surface area contributed by atoms with E-state index in [1.807, 2.05) is 6.92 Å². The van der Waals surface area contributed by atoms with Crippen LogP contribution in [0.15, 0.2) is 18.2 Å². The van der Waals surface area contributed by atoms with Crippen LogP contribution >= 0.6 is 12.4 Å². The van der Waals surface area contributed by atoms with Gasteiger partial charge in [-0.2, -0.15) is 0 Å². The number of carbonyl (C=O) groups is 2. The molecular weight excluding hydrogens is 340 g/mol. The fourth-order valence-electron chi connectivity index (χ4n) is 3.21. The molecule has 2 saturated heterocycles. The van der Waals surface area contributed by atoms with Crippen LogP contribution in [0.4, 0.5) is 14.5 Å². The smallest absolute Gasteiger partial charge is 0.228 e. The molecule has 0 saturated carbocycles. The van der Waals surface area contributed by atoms with Crippen molar-refractivity contribution in [2.75, 3.05) is 31.1 Å². The van der Waals surface area contributed by atoms with Gasteiger partial charge in [0.05, 0.1) is 11.6 Å². The first kappa shape index (κ1) is 18.6. The molecule has 0 aromatic heterocycles. The third-order valence-corrected chi connectivity index (χ3v) is 4.46. The highest BCUT2D eigenvalue weighted by atomic mass is 35.5. The second-order valence-electron chi connectivity index (χ2n) is 6.09. The Morgan fingerprint density at radius 3 is 2.75 bits per heavy atom. The van der Waals surface area contributed by atoms with Gasteiger partial charge >= 0.3 is 0 Å². The number of piperazine rings is 1. The Kier molecular flexibility index (Phi) is 5.77. The van der Waals surface area contributed by atoms with Crippen molar-refractivity contribution >= 4 is 29.9 Å². The van der Waals surface area contributed by atoms with Crippen LogP contribution in [-0.4, -0.2) is 48.9 Å². The predicted molar refractivity (Wildman–Crippen MR) is 88.1 cm³/mol. The van der Waals surface area contributed by atoms with Crippen LogP contribution in [0.1, 0.15) is 13.3 Å². The topological polar surface area (TPSA) is 52.7 Å². The molecule has 0 spiro atoms. The van der Waals surface area contributed by atoms with Crippen LogP contribution in [0.5, 0.6) is 0 Å². The molecule has 2 fully saturated rings. The molecule has 2 amide bonds. The van der Waals surface area contributed by atoms with Crippen molar-refractivity contribution in [3.63, 3.8) is 0 Å². The molecule has 8 heteroatoms. The zero-order valence-corrected chi connectivity index (χ0v) is 14.1. The van der Waals surface area contributed by atoms with Gasteiger partial charge < -0.3 is 15.1 Å². The van der Waals surface area contributed by atoms with Crippen molar-refractivity contribution in [2.24, 2.45) is 5.92 Å². The Morgan fingerprint density at radius 2 is 2.08 bits per heavy atom. The number of amides is 2. The lowest BCUT2D eigenvalue weighted by Gasteiger charge is -2.35. The molecule has 2 aliphatic rings. The van der Waals surface area contributed by atoms with E-state index in [4.69, 9.17) is 0 Å². The fraction of sp³-hybridized carbons (Fsp3) is 0.500. The van der Waals surface area contributed by atoms with Crippen molar-refractivity contribution in [2.45, 2.75) is 19.4 Å². The maximum atomic E-state index is 13.9. The summed E-state index contributed by atoms with van der Waals surface area (Å²) in [6.45, 7) is 4.15. The normalized spacial score (nSPS) is 24.0. The number of benzene rings is 1. The van der Waals surface area contributed by atoms with E-state index in [1.165, 1.54) is 11.0 Å². The van der Waals surface area contributed by atoms with Gasteiger partial charge in [-0.15, -0.1) is 12.4 Å². The summed E-state index contributed by atoms with van der Waals surface area (Å²) in [5.74, 6) is -2.34. The number of nitrogens with zero attached hydrogens (tertiary/aromatic N) is 2. The first-order valence-electron chi connectivity index (χ1n) is 7.74. The van der Waals surface area contributed by atoms with E-state index < -0.39 is 17.6 Å². The quantitative estimate of drug-likeness (QED) is 0.872. The number of hydrogen-bond donors (Lipinski definition) is 1. The van der Waals surface area contributed by atoms with Crippen LogP contribution < -0.4 is 10.2 Å². The molecule has 24 heavy (non-hydrogen) atoms. The summed E-state index contributed by atoms with van der Waals surface area (Å²) >= 11 is 0. The summed E-state index contributed by atoms with van der Waals surface area (Å²) in [6.07, 6.45) is 0.0618. The molecular formula is C16H20ClF2N3O2. The number of anilines is 1. The number of nitrogens with one attached hydrogen (secondary N) is 1. The molecule has 0 aliphatic carbocycles. The third kappa shape index (κ3) is 3.52. The summed E-state index contributed by atoms with van der Waals surface area (Å²) < 4.78 is 26.9. The van der Waals surface area contributed by atoms with Gasteiger partial charge in [0.2, 0.25) is 11.8 Å². The Labute approximate surface area is 145 Å². The molecule has 1 unspecified atom stereocenters. The second kappa shape index (κ2) is 7.44. The lowest BCUT2D eigenvalue weighted by atomic mass is 10.1. The summed E-state index contributed by atoms with van der Waals surface area (Å²) in [7, 11) is 0. The molecule has 1 N–H and O–H groups in total. The molecule has 0 bridgehead atoms. The van der Waals surface area contributed by atoms with E-state index in [0.29, 0.717) is 6.54 Å². The summed E-state index contributed by atoms with van der Waals surface area (Å²) in [6, 6.07) is 3.17. The molecule has 132 valence electrons. The Hall–Kier alpha value is -1.73. The number of halogens is 3. The van der Waals surface area contributed by atoms with Crippen molar-refractivity contribution in [1.82, 2.24) is 10.2 Å². The lowest BCUT2D eigenvalue weighted by molar-refractivity contribution is -0.138. The maximum absolute atomic E-state index is 13.9. The number of rotatable bonds is 2. The van der Waals surface area contributed by atoms with E-state index in [0.717, 1.165) is 25.2 Å². The Morgan fingerprint density at radius 1 is 1.33 bits per heavy atom. The van der Waals surface area contributed by atoms with Crippen molar-refractivity contribution < 1.29 is 18.4 Å². The molecule has 1 aromatic carbocycles. The Balaban J connectivity index is 0.00000208. The van der Waals surface area contributed by atoms with Gasteiger partial charge in [0.15, 0.2) is 0 Å². The fourth-order valence-corrected chi connectivity index (χ4v) is 3.21. The zero-order chi connectivity index (χ0) is 16.6.